The van der Waals surface area contributed by atoms with E-state index in [1.807, 2.05) is 18.2 Å². The van der Waals surface area contributed by atoms with Gasteiger partial charge in [-0.05, 0) is 60.7 Å². The number of carbonyl (C=O) groups excluding carboxylic acids is 1. The van der Waals surface area contributed by atoms with Crippen LogP contribution in [0.2, 0.25) is 0 Å². The van der Waals surface area contributed by atoms with Gasteiger partial charge in [-0.2, -0.15) is 0 Å². The molecular weight excluding hydrogens is 260 g/mol. The molecule has 0 spiro atoms. The number of hydrogen-bond acceptors (Lipinski definition) is 1. The molecule has 0 heterocycles. The van der Waals surface area contributed by atoms with Gasteiger partial charge in [-0.3, -0.25) is 4.79 Å². The van der Waals surface area contributed by atoms with Crippen LogP contribution in [-0.2, 0) is 12.8 Å². The lowest BCUT2D eigenvalue weighted by Gasteiger charge is -2.07. The minimum Gasteiger partial charge on any atom is -0.322 e. The van der Waals surface area contributed by atoms with Gasteiger partial charge in [-0.25, -0.2) is 8.78 Å². The minimum absolute atomic E-state index is 0.101. The van der Waals surface area contributed by atoms with E-state index in [0.29, 0.717) is 5.69 Å². The molecule has 20 heavy (non-hydrogen) atoms. The van der Waals surface area contributed by atoms with Crippen molar-refractivity contribution < 1.29 is 13.6 Å². The zero-order valence-electron chi connectivity index (χ0n) is 10.7. The third-order valence-corrected chi connectivity index (χ3v) is 3.54. The third-order valence-electron chi connectivity index (χ3n) is 3.54. The minimum atomic E-state index is -1.02. The first-order valence-electron chi connectivity index (χ1n) is 6.52. The van der Waals surface area contributed by atoms with E-state index in [-0.39, 0.29) is 5.56 Å². The van der Waals surface area contributed by atoms with Crippen molar-refractivity contribution in [1.82, 2.24) is 0 Å². The molecule has 1 N–H and O–H groups in total. The standard InChI is InChI=1S/C16H13F2NO/c17-14-7-5-12(9-15(14)18)16(20)19-13-6-4-10-2-1-3-11(10)8-13/h4-9H,1-3H2,(H,19,20). The average molecular weight is 273 g/mol. The highest BCUT2D eigenvalue weighted by Crippen LogP contribution is 2.25. The average Bonchev–Trinajstić information content (AvgIpc) is 2.89. The molecule has 1 aliphatic rings. The Kier molecular flexibility index (Phi) is 3.22. The lowest BCUT2D eigenvalue weighted by atomic mass is 10.1. The van der Waals surface area contributed by atoms with Gasteiger partial charge >= 0.3 is 0 Å². The summed E-state index contributed by atoms with van der Waals surface area (Å²) in [5, 5.41) is 2.71. The Hall–Kier alpha value is -2.23. The lowest BCUT2D eigenvalue weighted by molar-refractivity contribution is 0.102. The van der Waals surface area contributed by atoms with E-state index in [0.717, 1.165) is 31.4 Å². The molecule has 0 bridgehead atoms. The molecule has 0 aliphatic heterocycles. The van der Waals surface area contributed by atoms with E-state index in [9.17, 15) is 13.6 Å². The van der Waals surface area contributed by atoms with Crippen molar-refractivity contribution in [3.63, 3.8) is 0 Å². The monoisotopic (exact) mass is 273 g/mol. The smallest absolute Gasteiger partial charge is 0.255 e. The molecule has 0 saturated carbocycles. The zero-order valence-corrected chi connectivity index (χ0v) is 10.7. The maximum Gasteiger partial charge on any atom is 0.255 e. The number of fused-ring (bicyclic) bond motifs is 1. The van der Waals surface area contributed by atoms with Crippen LogP contribution < -0.4 is 5.32 Å². The highest BCUT2D eigenvalue weighted by atomic mass is 19.2. The molecule has 0 radical (unpaired) electrons. The maximum atomic E-state index is 13.1. The van der Waals surface area contributed by atoms with E-state index < -0.39 is 17.5 Å². The number of anilines is 1. The first-order chi connectivity index (χ1) is 9.63. The van der Waals surface area contributed by atoms with Crippen molar-refractivity contribution in [3.8, 4) is 0 Å². The van der Waals surface area contributed by atoms with Gasteiger partial charge in [0, 0.05) is 11.3 Å². The van der Waals surface area contributed by atoms with Gasteiger partial charge in [0.15, 0.2) is 11.6 Å². The Bertz CT molecular complexity index is 682. The second-order valence-electron chi connectivity index (χ2n) is 4.92. The summed E-state index contributed by atoms with van der Waals surface area (Å²) in [7, 11) is 0. The molecule has 0 unspecified atom stereocenters. The van der Waals surface area contributed by atoms with Crippen LogP contribution in [0, 0.1) is 11.6 Å². The molecular formula is C16H13F2NO. The van der Waals surface area contributed by atoms with Gasteiger partial charge in [-0.1, -0.05) is 6.07 Å². The molecule has 4 heteroatoms. The fraction of sp³-hybridized carbons (Fsp3) is 0.188. The van der Waals surface area contributed by atoms with Gasteiger partial charge in [0.2, 0.25) is 0 Å². The van der Waals surface area contributed by atoms with Crippen molar-refractivity contribution >= 4 is 11.6 Å². The van der Waals surface area contributed by atoms with Crippen molar-refractivity contribution in [3.05, 3.63) is 64.7 Å². The Morgan fingerprint density at radius 3 is 2.55 bits per heavy atom. The first kappa shape index (κ1) is 12.8. The number of benzene rings is 2. The molecule has 0 saturated heterocycles. The van der Waals surface area contributed by atoms with E-state index in [1.54, 1.807) is 0 Å². The molecule has 2 nitrogen and oxygen atoms in total. The van der Waals surface area contributed by atoms with Crippen molar-refractivity contribution in [2.24, 2.45) is 0 Å². The van der Waals surface area contributed by atoms with Crippen LogP contribution in [0.1, 0.15) is 27.9 Å². The summed E-state index contributed by atoms with van der Waals surface area (Å²) in [6.45, 7) is 0. The summed E-state index contributed by atoms with van der Waals surface area (Å²) in [4.78, 5) is 12.0. The summed E-state index contributed by atoms with van der Waals surface area (Å²) >= 11 is 0. The number of hydrogen-bond donors (Lipinski definition) is 1. The molecule has 3 rings (SSSR count). The summed E-state index contributed by atoms with van der Waals surface area (Å²) < 4.78 is 25.9. The van der Waals surface area contributed by atoms with Crippen LogP contribution >= 0.6 is 0 Å². The summed E-state index contributed by atoms with van der Waals surface area (Å²) in [6.07, 6.45) is 3.23. The van der Waals surface area contributed by atoms with Crippen LogP contribution in [0.3, 0.4) is 0 Å². The second kappa shape index (κ2) is 5.04. The molecule has 1 aliphatic carbocycles. The van der Waals surface area contributed by atoms with Crippen molar-refractivity contribution in [2.75, 3.05) is 5.32 Å². The third kappa shape index (κ3) is 2.41. The van der Waals surface area contributed by atoms with Crippen LogP contribution in [0.25, 0.3) is 0 Å². The normalized spacial score (nSPS) is 13.1. The predicted molar refractivity (Wildman–Crippen MR) is 72.8 cm³/mol. The van der Waals surface area contributed by atoms with Crippen molar-refractivity contribution in [1.29, 1.82) is 0 Å². The number of nitrogens with one attached hydrogen (secondary N) is 1. The van der Waals surface area contributed by atoms with Gasteiger partial charge in [0.25, 0.3) is 5.91 Å². The van der Waals surface area contributed by atoms with Crippen LogP contribution in [-0.4, -0.2) is 5.91 Å². The van der Waals surface area contributed by atoms with E-state index in [1.165, 1.54) is 17.2 Å². The highest BCUT2D eigenvalue weighted by molar-refractivity contribution is 6.04. The molecule has 0 atom stereocenters. The summed E-state index contributed by atoms with van der Waals surface area (Å²) in [5.74, 6) is -2.42. The van der Waals surface area contributed by atoms with Gasteiger partial charge in [0.05, 0.1) is 0 Å². The molecule has 2 aromatic carbocycles. The number of carbonyl (C=O) groups is 1. The number of halogens is 2. The second-order valence-corrected chi connectivity index (χ2v) is 4.92. The predicted octanol–water partition coefficient (Wildman–Crippen LogP) is 3.71. The highest BCUT2D eigenvalue weighted by Gasteiger charge is 2.13. The van der Waals surface area contributed by atoms with Gasteiger partial charge in [-0.15, -0.1) is 0 Å². The topological polar surface area (TPSA) is 29.1 Å². The number of rotatable bonds is 2. The van der Waals surface area contributed by atoms with E-state index in [2.05, 4.69) is 5.32 Å². The lowest BCUT2D eigenvalue weighted by Crippen LogP contribution is -2.12. The van der Waals surface area contributed by atoms with E-state index >= 15 is 0 Å². The molecule has 2 aromatic rings. The Labute approximate surface area is 115 Å². The van der Waals surface area contributed by atoms with E-state index in [4.69, 9.17) is 0 Å². The molecule has 1 amide bonds. The quantitative estimate of drug-likeness (QED) is 0.888. The largest absolute Gasteiger partial charge is 0.322 e. The number of amides is 1. The van der Waals surface area contributed by atoms with Crippen molar-refractivity contribution in [2.45, 2.75) is 19.3 Å². The van der Waals surface area contributed by atoms with Crippen LogP contribution in [0.5, 0.6) is 0 Å². The number of aryl methyl sites for hydroxylation is 2. The van der Waals surface area contributed by atoms with Crippen LogP contribution in [0.15, 0.2) is 36.4 Å². The molecule has 0 aromatic heterocycles. The Balaban J connectivity index is 1.80. The van der Waals surface area contributed by atoms with Crippen LogP contribution in [0.4, 0.5) is 14.5 Å². The van der Waals surface area contributed by atoms with Gasteiger partial charge < -0.3 is 5.32 Å². The Morgan fingerprint density at radius 2 is 1.75 bits per heavy atom. The Morgan fingerprint density at radius 1 is 0.950 bits per heavy atom. The van der Waals surface area contributed by atoms with Gasteiger partial charge in [0.1, 0.15) is 0 Å². The first-order valence-corrected chi connectivity index (χ1v) is 6.52. The molecule has 0 fully saturated rings. The summed E-state index contributed by atoms with van der Waals surface area (Å²) in [6, 6.07) is 8.90. The summed E-state index contributed by atoms with van der Waals surface area (Å²) in [5.41, 5.74) is 3.34. The fourth-order valence-corrected chi connectivity index (χ4v) is 2.49. The molecule has 102 valence electrons. The SMILES string of the molecule is O=C(Nc1ccc2c(c1)CCC2)c1ccc(F)c(F)c1. The fourth-order valence-electron chi connectivity index (χ4n) is 2.49. The zero-order chi connectivity index (χ0) is 14.1. The maximum absolute atomic E-state index is 13.1.